The minimum absolute atomic E-state index is 0.0578. The van der Waals surface area contributed by atoms with Crippen LogP contribution in [0, 0.1) is 5.92 Å². The molecule has 3 rings (SSSR count). The number of carbonyl (C=O) groups excluding carboxylic acids is 2. The Bertz CT molecular complexity index is 667. The molecule has 0 saturated carbocycles. The van der Waals surface area contributed by atoms with Gasteiger partial charge in [-0.15, -0.1) is 0 Å². The minimum atomic E-state index is -0.215. The Balaban J connectivity index is 1.65. The van der Waals surface area contributed by atoms with Crippen LogP contribution in [0.2, 0.25) is 0 Å². The fourth-order valence-corrected chi connectivity index (χ4v) is 3.93. The van der Waals surface area contributed by atoms with Gasteiger partial charge in [-0.05, 0) is 31.2 Å². The number of methoxy groups -OCH3 is 1. The summed E-state index contributed by atoms with van der Waals surface area (Å²) in [5.74, 6) is 0.482. The highest BCUT2D eigenvalue weighted by Crippen LogP contribution is 2.31. The number of aromatic nitrogens is 1. The summed E-state index contributed by atoms with van der Waals surface area (Å²) in [6.45, 7) is 2.67. The van der Waals surface area contributed by atoms with Gasteiger partial charge in [-0.25, -0.2) is 0 Å². The van der Waals surface area contributed by atoms with Crippen molar-refractivity contribution in [3.05, 3.63) is 34.2 Å². The monoisotopic (exact) mass is 347 g/mol. The van der Waals surface area contributed by atoms with E-state index in [9.17, 15) is 14.4 Å². The number of rotatable bonds is 5. The molecule has 2 aliphatic heterocycles. The number of nitrogens with zero attached hydrogens (tertiary/aromatic N) is 2. The van der Waals surface area contributed by atoms with Crippen LogP contribution in [-0.2, 0) is 9.53 Å². The van der Waals surface area contributed by atoms with Crippen LogP contribution in [0.25, 0.3) is 0 Å². The van der Waals surface area contributed by atoms with Crippen molar-refractivity contribution in [2.45, 2.75) is 31.7 Å². The summed E-state index contributed by atoms with van der Waals surface area (Å²) in [4.78, 5) is 42.5. The summed E-state index contributed by atoms with van der Waals surface area (Å²) >= 11 is 0. The molecule has 0 aromatic carbocycles. The molecular formula is C18H25N3O4. The van der Waals surface area contributed by atoms with Crippen LogP contribution in [-0.4, -0.2) is 66.0 Å². The first-order chi connectivity index (χ1) is 12.1. The quantitative estimate of drug-likeness (QED) is 0.801. The van der Waals surface area contributed by atoms with E-state index in [-0.39, 0.29) is 23.4 Å². The van der Waals surface area contributed by atoms with Crippen molar-refractivity contribution in [2.24, 2.45) is 5.92 Å². The number of hydrogen-bond acceptors (Lipinski definition) is 4. The van der Waals surface area contributed by atoms with Crippen LogP contribution in [0.1, 0.15) is 36.0 Å². The van der Waals surface area contributed by atoms with Gasteiger partial charge in [0.15, 0.2) is 0 Å². The van der Waals surface area contributed by atoms with E-state index in [0.29, 0.717) is 37.6 Å². The molecule has 0 spiro atoms. The van der Waals surface area contributed by atoms with Gasteiger partial charge in [-0.2, -0.15) is 0 Å². The number of pyridine rings is 1. The molecule has 2 aliphatic rings. The van der Waals surface area contributed by atoms with Gasteiger partial charge in [0.05, 0.1) is 5.56 Å². The third kappa shape index (κ3) is 3.92. The van der Waals surface area contributed by atoms with Gasteiger partial charge < -0.3 is 19.5 Å². The summed E-state index contributed by atoms with van der Waals surface area (Å²) in [6, 6.07) is 3.16. The molecular weight excluding hydrogens is 322 g/mol. The van der Waals surface area contributed by atoms with E-state index in [0.717, 1.165) is 25.8 Å². The lowest BCUT2D eigenvalue weighted by molar-refractivity contribution is -0.140. The molecule has 1 N–H and O–H groups in total. The summed E-state index contributed by atoms with van der Waals surface area (Å²) in [5.41, 5.74) is 0.287. The molecule has 25 heavy (non-hydrogen) atoms. The Morgan fingerprint density at radius 1 is 1.32 bits per heavy atom. The molecule has 0 bridgehead atoms. The molecule has 0 aliphatic carbocycles. The van der Waals surface area contributed by atoms with Crippen LogP contribution >= 0.6 is 0 Å². The molecule has 0 radical (unpaired) electrons. The number of carbonyl (C=O) groups is 2. The third-order valence-electron chi connectivity index (χ3n) is 5.21. The highest BCUT2D eigenvalue weighted by Gasteiger charge is 2.40. The molecule has 1 aromatic heterocycles. The zero-order valence-electron chi connectivity index (χ0n) is 14.6. The smallest absolute Gasteiger partial charge is 0.255 e. The van der Waals surface area contributed by atoms with E-state index in [2.05, 4.69) is 4.98 Å². The maximum absolute atomic E-state index is 12.6. The second-order valence-corrected chi connectivity index (χ2v) is 6.78. The van der Waals surface area contributed by atoms with Gasteiger partial charge in [0.1, 0.15) is 0 Å². The van der Waals surface area contributed by atoms with E-state index >= 15 is 0 Å². The SMILES string of the molecule is COCCCN1C(=O)CC[C@H]2CN(C(=O)c3ccc(=O)[nH]c3)CC[C@H]21. The lowest BCUT2D eigenvalue weighted by atomic mass is 9.83. The second-order valence-electron chi connectivity index (χ2n) is 6.78. The first-order valence-corrected chi connectivity index (χ1v) is 8.86. The standard InChI is InChI=1S/C18H25N3O4/c1-25-10-2-8-21-15-7-9-20(12-14(15)4-6-17(21)23)18(24)13-3-5-16(22)19-11-13/h3,5,11,14-15H,2,4,6-10,12H2,1H3,(H,19,22)/t14-,15+/m0/s1. The lowest BCUT2D eigenvalue weighted by Crippen LogP contribution is -2.57. The topological polar surface area (TPSA) is 82.7 Å². The molecule has 7 nitrogen and oxygen atoms in total. The first kappa shape index (κ1) is 17.7. The minimum Gasteiger partial charge on any atom is -0.385 e. The van der Waals surface area contributed by atoms with Crippen molar-refractivity contribution in [1.82, 2.24) is 14.8 Å². The maximum Gasteiger partial charge on any atom is 0.255 e. The first-order valence-electron chi connectivity index (χ1n) is 8.86. The molecule has 7 heteroatoms. The Hall–Kier alpha value is -2.15. The molecule has 2 fully saturated rings. The molecule has 2 saturated heterocycles. The van der Waals surface area contributed by atoms with E-state index < -0.39 is 0 Å². The van der Waals surface area contributed by atoms with Crippen LogP contribution in [0.15, 0.2) is 23.1 Å². The predicted octanol–water partition coefficient (Wildman–Crippen LogP) is 0.865. The number of H-pyrrole nitrogens is 1. The third-order valence-corrected chi connectivity index (χ3v) is 5.21. The number of hydrogen-bond donors (Lipinski definition) is 1. The highest BCUT2D eigenvalue weighted by atomic mass is 16.5. The van der Waals surface area contributed by atoms with Crippen molar-refractivity contribution < 1.29 is 14.3 Å². The number of likely N-dealkylation sites (tertiary alicyclic amines) is 2. The van der Waals surface area contributed by atoms with Crippen LogP contribution < -0.4 is 5.56 Å². The van der Waals surface area contributed by atoms with Gasteiger partial charge in [-0.1, -0.05) is 0 Å². The van der Waals surface area contributed by atoms with Crippen molar-refractivity contribution in [2.75, 3.05) is 33.4 Å². The number of aromatic amines is 1. The van der Waals surface area contributed by atoms with E-state index in [4.69, 9.17) is 4.74 Å². The fraction of sp³-hybridized carbons (Fsp3) is 0.611. The van der Waals surface area contributed by atoms with E-state index in [1.165, 1.54) is 12.3 Å². The Kier molecular flexibility index (Phi) is 5.53. The van der Waals surface area contributed by atoms with Gasteiger partial charge >= 0.3 is 0 Å². The molecule has 2 amide bonds. The van der Waals surface area contributed by atoms with Crippen LogP contribution in [0.4, 0.5) is 0 Å². The van der Waals surface area contributed by atoms with Gasteiger partial charge in [-0.3, -0.25) is 14.4 Å². The Labute approximate surface area is 147 Å². The lowest BCUT2D eigenvalue weighted by Gasteiger charge is -2.47. The molecule has 3 heterocycles. The molecule has 2 atom stereocenters. The zero-order chi connectivity index (χ0) is 17.8. The second kappa shape index (κ2) is 7.82. The van der Waals surface area contributed by atoms with Crippen molar-refractivity contribution in [3.63, 3.8) is 0 Å². The van der Waals surface area contributed by atoms with E-state index in [1.807, 2.05) is 9.80 Å². The van der Waals surface area contributed by atoms with Crippen LogP contribution in [0.5, 0.6) is 0 Å². The Morgan fingerprint density at radius 2 is 2.16 bits per heavy atom. The number of amides is 2. The predicted molar refractivity (Wildman–Crippen MR) is 92.3 cm³/mol. The number of piperidine rings is 2. The molecule has 0 unspecified atom stereocenters. The summed E-state index contributed by atoms with van der Waals surface area (Å²) in [5, 5.41) is 0. The fourth-order valence-electron chi connectivity index (χ4n) is 3.93. The zero-order valence-corrected chi connectivity index (χ0v) is 14.6. The summed E-state index contributed by atoms with van der Waals surface area (Å²) < 4.78 is 5.09. The van der Waals surface area contributed by atoms with E-state index in [1.54, 1.807) is 13.2 Å². The number of fused-ring (bicyclic) bond motifs is 1. The van der Waals surface area contributed by atoms with Crippen molar-refractivity contribution >= 4 is 11.8 Å². The summed E-state index contributed by atoms with van der Waals surface area (Å²) in [6.07, 6.45) is 4.50. The maximum atomic E-state index is 12.6. The van der Waals surface area contributed by atoms with Crippen molar-refractivity contribution in [1.29, 1.82) is 0 Å². The average molecular weight is 347 g/mol. The molecule has 1 aromatic rings. The van der Waals surface area contributed by atoms with Crippen molar-refractivity contribution in [3.8, 4) is 0 Å². The van der Waals surface area contributed by atoms with Crippen LogP contribution in [0.3, 0.4) is 0 Å². The average Bonchev–Trinajstić information content (AvgIpc) is 2.63. The van der Waals surface area contributed by atoms with Gasteiger partial charge in [0.25, 0.3) is 5.91 Å². The highest BCUT2D eigenvalue weighted by molar-refractivity contribution is 5.94. The number of nitrogens with one attached hydrogen (secondary N) is 1. The van der Waals surface area contributed by atoms with Gasteiger partial charge in [0.2, 0.25) is 11.5 Å². The Morgan fingerprint density at radius 3 is 2.88 bits per heavy atom. The molecule has 136 valence electrons. The number of ether oxygens (including phenoxy) is 1. The largest absolute Gasteiger partial charge is 0.385 e. The normalized spacial score (nSPS) is 23.5. The van der Waals surface area contributed by atoms with Gasteiger partial charge in [0, 0.05) is 58.1 Å². The summed E-state index contributed by atoms with van der Waals surface area (Å²) in [7, 11) is 1.67.